The van der Waals surface area contributed by atoms with Gasteiger partial charge in [0.2, 0.25) is 0 Å². The number of rotatable bonds is 8. The van der Waals surface area contributed by atoms with E-state index in [1.807, 2.05) is 0 Å². The molecule has 0 aliphatic carbocycles. The molecule has 0 saturated carbocycles. The number of allylic oxidation sites excluding steroid dienone is 4. The fourth-order valence-corrected chi connectivity index (χ4v) is 12.0. The Bertz CT molecular complexity index is 1650. The molecule has 2 aromatic heterocycles. The second kappa shape index (κ2) is 11.3. The summed E-state index contributed by atoms with van der Waals surface area (Å²) in [5.74, 6) is 0. The zero-order chi connectivity index (χ0) is 29.0. The Morgan fingerprint density at radius 1 is 0.463 bits per heavy atom. The molecule has 4 aliphatic heterocycles. The summed E-state index contributed by atoms with van der Waals surface area (Å²) < 4.78 is 5.53. The molecular weight excluding hydrogens is 697 g/mol. The third kappa shape index (κ3) is 4.24. The Hall–Kier alpha value is -2.50. The maximum atomic E-state index is 5.39. The van der Waals surface area contributed by atoms with E-state index in [9.17, 15) is 0 Å². The molecule has 0 radical (unpaired) electrons. The van der Waals surface area contributed by atoms with E-state index in [2.05, 4.69) is 84.6 Å². The van der Waals surface area contributed by atoms with Gasteiger partial charge in [-0.15, -0.1) is 0 Å². The van der Waals surface area contributed by atoms with E-state index in [-0.39, 0.29) is 0 Å². The predicted molar refractivity (Wildman–Crippen MR) is 177 cm³/mol. The van der Waals surface area contributed by atoms with Crippen LogP contribution in [0.25, 0.3) is 24.3 Å². The third-order valence-corrected chi connectivity index (χ3v) is 13.7. The van der Waals surface area contributed by atoms with E-state index >= 15 is 0 Å². The van der Waals surface area contributed by atoms with Crippen LogP contribution >= 0.6 is 0 Å². The van der Waals surface area contributed by atoms with Crippen LogP contribution < -0.4 is 10.7 Å². The number of fused-ring (bicyclic) bond motifs is 2. The summed E-state index contributed by atoms with van der Waals surface area (Å²) in [6.07, 6.45) is 18.0. The van der Waals surface area contributed by atoms with E-state index in [1.165, 1.54) is 89.4 Å². The van der Waals surface area contributed by atoms with Crippen LogP contribution in [0.5, 0.6) is 0 Å². The molecule has 5 heteroatoms. The quantitative estimate of drug-likeness (QED) is 0.283. The molecule has 0 amide bonds. The number of hydrogen-bond acceptors (Lipinski definition) is 2. The van der Waals surface area contributed by atoms with Gasteiger partial charge >= 0.3 is 260 Å². The molecule has 0 atom stereocenters. The van der Waals surface area contributed by atoms with E-state index < -0.39 is 24.2 Å². The van der Waals surface area contributed by atoms with Gasteiger partial charge < -0.3 is 0 Å². The van der Waals surface area contributed by atoms with Gasteiger partial charge in [-0.3, -0.25) is 0 Å². The van der Waals surface area contributed by atoms with Gasteiger partial charge in [0.1, 0.15) is 0 Å². The van der Waals surface area contributed by atoms with E-state index in [0.29, 0.717) is 0 Å². The molecule has 0 fully saturated rings. The molecule has 214 valence electrons. The first kappa shape index (κ1) is 28.6. The summed E-state index contributed by atoms with van der Waals surface area (Å²) in [6.45, 7) is 18.5. The third-order valence-electron chi connectivity index (χ3n) is 9.37. The summed E-state index contributed by atoms with van der Waals surface area (Å²) in [4.78, 5) is 10.8. The van der Waals surface area contributed by atoms with Gasteiger partial charge in [0.05, 0.1) is 0 Å². The molecule has 4 aliphatic rings. The Labute approximate surface area is 258 Å². The van der Waals surface area contributed by atoms with Crippen molar-refractivity contribution in [3.05, 3.63) is 78.0 Å². The van der Waals surface area contributed by atoms with Crippen LogP contribution in [0.15, 0.2) is 43.7 Å². The molecule has 0 unspecified atom stereocenters. The van der Waals surface area contributed by atoms with Gasteiger partial charge in [-0.05, 0) is 0 Å². The first-order valence-electron chi connectivity index (χ1n) is 15.9. The SMILES string of the molecule is CCC1=C(CC)C2=NC1=Cc1c(CC)c(CC)c3[n]1[Po][n]1c(c(CC)c(CC)c1=CC1=NC(=C3)C(CC)=C1CC)=C2. The number of aromatic nitrogens is 2. The molecule has 0 aromatic carbocycles. The Balaban J connectivity index is 1.88. The Morgan fingerprint density at radius 3 is 1.20 bits per heavy atom. The second-order valence-corrected chi connectivity index (χ2v) is 14.7. The van der Waals surface area contributed by atoms with Crippen LogP contribution in [-0.4, -0.2) is 40.5 Å². The van der Waals surface area contributed by atoms with Crippen LogP contribution in [0.2, 0.25) is 0 Å². The van der Waals surface area contributed by atoms with Gasteiger partial charge in [0, 0.05) is 0 Å². The van der Waals surface area contributed by atoms with Gasteiger partial charge in [-0.1, -0.05) is 0 Å². The molecule has 6 bridgehead atoms. The zero-order valence-electron chi connectivity index (χ0n) is 26.2. The predicted octanol–water partition coefficient (Wildman–Crippen LogP) is 6.88. The van der Waals surface area contributed by atoms with Gasteiger partial charge in [0.25, 0.3) is 0 Å². The standard InChI is InChI=1S/C36H44N4.Po/c1-9-21-22(10-2)30-18-32-25(13-5)26(14-6)34(39-32)20-36-28(16-8)27(15-7)35(40-36)19-33-24(12-4)23(11-3)31(38-33)17-29(21)37-30;/h17-20H,9-16H2,1-8H3;/q-2;+2. The van der Waals surface area contributed by atoms with Crippen LogP contribution in [0.3, 0.4) is 0 Å². The zero-order valence-corrected chi connectivity index (χ0v) is 29.3. The minimum absolute atomic E-state index is 1.01. The first-order valence-corrected chi connectivity index (χ1v) is 18.8. The summed E-state index contributed by atoms with van der Waals surface area (Å²) >= 11 is -1.33. The molecule has 0 N–H and O–H groups in total. The first-order chi connectivity index (χ1) is 20.0. The topological polar surface area (TPSA) is 34.6 Å². The number of hydrogen-bond donors (Lipinski definition) is 0. The van der Waals surface area contributed by atoms with E-state index in [1.54, 1.807) is 0 Å². The second-order valence-electron chi connectivity index (χ2n) is 11.2. The van der Waals surface area contributed by atoms with Crippen LogP contribution in [0.4, 0.5) is 0 Å². The minimum atomic E-state index is -1.33. The van der Waals surface area contributed by atoms with Crippen LogP contribution in [-0.2, 0) is 25.7 Å². The van der Waals surface area contributed by atoms with Crippen molar-refractivity contribution >= 4 is 59.9 Å². The molecule has 0 spiro atoms. The summed E-state index contributed by atoms with van der Waals surface area (Å²) in [5.41, 5.74) is 19.2. The molecule has 0 saturated heterocycles. The van der Waals surface area contributed by atoms with Crippen molar-refractivity contribution < 1.29 is 0 Å². The molecule has 6 rings (SSSR count). The summed E-state index contributed by atoms with van der Waals surface area (Å²) in [5, 5.41) is 2.79. The summed E-state index contributed by atoms with van der Waals surface area (Å²) in [7, 11) is 0. The van der Waals surface area contributed by atoms with E-state index in [0.717, 1.165) is 51.4 Å². The van der Waals surface area contributed by atoms with Gasteiger partial charge in [-0.25, -0.2) is 0 Å². The molecule has 2 aromatic rings. The van der Waals surface area contributed by atoms with Gasteiger partial charge in [0.15, 0.2) is 0 Å². The van der Waals surface area contributed by atoms with Crippen molar-refractivity contribution in [3.63, 3.8) is 0 Å². The van der Waals surface area contributed by atoms with Crippen LogP contribution in [0.1, 0.15) is 115 Å². The Kier molecular flexibility index (Phi) is 7.88. The van der Waals surface area contributed by atoms with Crippen molar-refractivity contribution in [2.24, 2.45) is 9.98 Å². The van der Waals surface area contributed by atoms with Crippen molar-refractivity contribution in [1.29, 1.82) is 0 Å². The van der Waals surface area contributed by atoms with Gasteiger partial charge in [-0.2, -0.15) is 0 Å². The monoisotopic (exact) mass is 741 g/mol. The fraction of sp³-hybridized carbons (Fsp3) is 0.444. The van der Waals surface area contributed by atoms with E-state index in [4.69, 9.17) is 9.98 Å². The number of nitrogens with zero attached hydrogens (tertiary/aromatic N) is 4. The molecule has 41 heavy (non-hydrogen) atoms. The van der Waals surface area contributed by atoms with Crippen LogP contribution in [0, 0.1) is 0 Å². The molecule has 4 nitrogen and oxygen atoms in total. The number of aliphatic imine (C=N–C) groups is 2. The van der Waals surface area contributed by atoms with Crippen molar-refractivity contribution in [2.75, 3.05) is 0 Å². The average Bonchev–Trinajstić information content (AvgIpc) is 3.67. The normalized spacial score (nSPS) is 17.3. The molecular formula is C36H44N4Po. The van der Waals surface area contributed by atoms with Crippen molar-refractivity contribution in [2.45, 2.75) is 107 Å². The fourth-order valence-electron chi connectivity index (χ4n) is 7.51. The van der Waals surface area contributed by atoms with Crippen molar-refractivity contribution in [1.82, 2.24) is 4.93 Å². The van der Waals surface area contributed by atoms with Crippen molar-refractivity contribution in [3.8, 4) is 0 Å². The Morgan fingerprint density at radius 2 is 0.854 bits per heavy atom. The average molecular weight is 742 g/mol. The maximum absolute atomic E-state index is 5.39. The summed E-state index contributed by atoms with van der Waals surface area (Å²) in [6, 6.07) is 0. The molecule has 6 heterocycles.